The molecular weight excluding hydrogens is 262 g/mol. The van der Waals surface area contributed by atoms with Crippen LogP contribution in [0.2, 0.25) is 0 Å². The molecule has 0 N–H and O–H groups in total. The van der Waals surface area contributed by atoms with Crippen molar-refractivity contribution < 1.29 is 9.47 Å². The first kappa shape index (κ1) is 15.8. The molecule has 1 fully saturated rings. The minimum atomic E-state index is 0.601. The van der Waals surface area contributed by atoms with Crippen LogP contribution in [0.4, 0.5) is 0 Å². The second kappa shape index (κ2) is 7.41. The Hall–Kier alpha value is -1.61. The van der Waals surface area contributed by atoms with Gasteiger partial charge in [-0.25, -0.2) is 0 Å². The Morgan fingerprint density at radius 3 is 2.52 bits per heavy atom. The van der Waals surface area contributed by atoms with Crippen molar-refractivity contribution in [2.45, 2.75) is 39.5 Å². The molecule has 1 aliphatic rings. The highest BCUT2D eigenvalue weighted by molar-refractivity contribution is 5.86. The van der Waals surface area contributed by atoms with Gasteiger partial charge in [-0.3, -0.25) is 4.98 Å². The van der Waals surface area contributed by atoms with Crippen molar-refractivity contribution in [1.82, 2.24) is 4.98 Å². The van der Waals surface area contributed by atoms with Gasteiger partial charge in [-0.15, -0.1) is 0 Å². The molecule has 2 heterocycles. The van der Waals surface area contributed by atoms with Crippen molar-refractivity contribution in [3.8, 4) is 5.75 Å². The topological polar surface area (TPSA) is 31.4 Å². The maximum atomic E-state index is 5.49. The molecule has 1 saturated heterocycles. The van der Waals surface area contributed by atoms with Crippen LogP contribution in [0, 0.1) is 6.92 Å². The normalized spacial score (nSPS) is 15.4. The average Bonchev–Trinajstić information content (AvgIpc) is 2.56. The van der Waals surface area contributed by atoms with Crippen LogP contribution in [0.5, 0.6) is 5.75 Å². The van der Waals surface area contributed by atoms with Crippen molar-refractivity contribution in [2.24, 2.45) is 0 Å². The molecule has 0 bridgehead atoms. The van der Waals surface area contributed by atoms with E-state index < -0.39 is 0 Å². The van der Waals surface area contributed by atoms with Crippen LogP contribution in [-0.2, 0) is 4.74 Å². The number of benzene rings is 1. The van der Waals surface area contributed by atoms with Crippen molar-refractivity contribution in [3.63, 3.8) is 0 Å². The predicted octanol–water partition coefficient (Wildman–Crippen LogP) is 4.47. The average molecular weight is 287 g/mol. The van der Waals surface area contributed by atoms with E-state index in [1.54, 1.807) is 7.11 Å². The number of fused-ring (bicyclic) bond motifs is 1. The quantitative estimate of drug-likeness (QED) is 0.816. The zero-order valence-corrected chi connectivity index (χ0v) is 13.5. The first-order valence-corrected chi connectivity index (χ1v) is 7.81. The molecule has 0 atom stereocenters. The third-order valence-corrected chi connectivity index (χ3v) is 3.84. The molecule has 21 heavy (non-hydrogen) atoms. The molecule has 3 rings (SSSR count). The molecule has 1 aliphatic heterocycles. The van der Waals surface area contributed by atoms with E-state index in [-0.39, 0.29) is 0 Å². The van der Waals surface area contributed by atoms with Crippen LogP contribution in [-0.4, -0.2) is 25.3 Å². The first-order chi connectivity index (χ1) is 10.3. The summed E-state index contributed by atoms with van der Waals surface area (Å²) in [5.41, 5.74) is 3.37. The number of methoxy groups -OCH3 is 1. The number of hydrogen-bond acceptors (Lipinski definition) is 3. The Balaban J connectivity index is 0.000000774. The van der Waals surface area contributed by atoms with E-state index in [4.69, 9.17) is 9.47 Å². The van der Waals surface area contributed by atoms with E-state index >= 15 is 0 Å². The number of pyridine rings is 1. The molecule has 114 valence electrons. The van der Waals surface area contributed by atoms with Crippen LogP contribution in [0.3, 0.4) is 0 Å². The molecule has 3 nitrogen and oxygen atoms in total. The Morgan fingerprint density at radius 2 is 1.86 bits per heavy atom. The van der Waals surface area contributed by atoms with Gasteiger partial charge in [0.05, 0.1) is 12.6 Å². The molecule has 3 heteroatoms. The highest BCUT2D eigenvalue weighted by atomic mass is 16.5. The van der Waals surface area contributed by atoms with Gasteiger partial charge < -0.3 is 9.47 Å². The van der Waals surface area contributed by atoms with Gasteiger partial charge in [0.15, 0.2) is 0 Å². The van der Waals surface area contributed by atoms with E-state index in [1.165, 1.54) is 5.56 Å². The zero-order valence-electron chi connectivity index (χ0n) is 13.5. The number of ether oxygens (including phenoxy) is 2. The van der Waals surface area contributed by atoms with Gasteiger partial charge in [0.25, 0.3) is 0 Å². The summed E-state index contributed by atoms with van der Waals surface area (Å²) in [6.45, 7) is 7.73. The summed E-state index contributed by atoms with van der Waals surface area (Å²) in [5, 5.41) is 1.11. The standard InChI is InChI=1S/C16H19NO2.C2H6/c1-11-9-16(18-2)14-10-13(3-4-15(14)17-11)12-5-7-19-8-6-12;1-2/h3-4,9-10,12H,5-8H2,1-2H3;1-2H3. The number of rotatable bonds is 2. The Bertz CT molecular complexity index is 589. The fourth-order valence-corrected chi connectivity index (χ4v) is 2.79. The maximum Gasteiger partial charge on any atom is 0.130 e. The maximum absolute atomic E-state index is 5.49. The molecule has 0 unspecified atom stereocenters. The third-order valence-electron chi connectivity index (χ3n) is 3.84. The summed E-state index contributed by atoms with van der Waals surface area (Å²) in [4.78, 5) is 4.57. The number of hydrogen-bond donors (Lipinski definition) is 0. The lowest BCUT2D eigenvalue weighted by molar-refractivity contribution is 0.0853. The van der Waals surface area contributed by atoms with Crippen molar-refractivity contribution in [3.05, 3.63) is 35.5 Å². The van der Waals surface area contributed by atoms with Gasteiger partial charge in [0.2, 0.25) is 0 Å². The molecule has 0 saturated carbocycles. The molecule has 0 aliphatic carbocycles. The molecule has 0 spiro atoms. The van der Waals surface area contributed by atoms with Gasteiger partial charge in [-0.2, -0.15) is 0 Å². The number of aryl methyl sites for hydroxylation is 1. The van der Waals surface area contributed by atoms with Gasteiger partial charge in [0.1, 0.15) is 5.75 Å². The largest absolute Gasteiger partial charge is 0.496 e. The smallest absolute Gasteiger partial charge is 0.130 e. The summed E-state index contributed by atoms with van der Waals surface area (Å²) in [5.74, 6) is 1.51. The van der Waals surface area contributed by atoms with Crippen molar-refractivity contribution in [1.29, 1.82) is 0 Å². The summed E-state index contributed by atoms with van der Waals surface area (Å²) in [7, 11) is 1.72. The summed E-state index contributed by atoms with van der Waals surface area (Å²) < 4.78 is 10.9. The fourth-order valence-electron chi connectivity index (χ4n) is 2.79. The minimum absolute atomic E-state index is 0.601. The van der Waals surface area contributed by atoms with E-state index in [0.717, 1.165) is 48.4 Å². The highest BCUT2D eigenvalue weighted by Crippen LogP contribution is 2.32. The number of aromatic nitrogens is 1. The van der Waals surface area contributed by atoms with Gasteiger partial charge in [0, 0.05) is 30.4 Å². The summed E-state index contributed by atoms with van der Waals surface area (Å²) >= 11 is 0. The first-order valence-electron chi connectivity index (χ1n) is 7.81. The third kappa shape index (κ3) is 3.53. The minimum Gasteiger partial charge on any atom is -0.496 e. The summed E-state index contributed by atoms with van der Waals surface area (Å²) in [6.07, 6.45) is 2.21. The van der Waals surface area contributed by atoms with Crippen molar-refractivity contribution in [2.75, 3.05) is 20.3 Å². The highest BCUT2D eigenvalue weighted by Gasteiger charge is 2.17. The van der Waals surface area contributed by atoms with E-state index in [1.807, 2.05) is 26.8 Å². The van der Waals surface area contributed by atoms with Gasteiger partial charge in [-0.05, 0) is 43.4 Å². The van der Waals surface area contributed by atoms with E-state index in [9.17, 15) is 0 Å². The Kier molecular flexibility index (Phi) is 5.57. The second-order valence-electron chi connectivity index (χ2n) is 5.13. The van der Waals surface area contributed by atoms with E-state index in [2.05, 4.69) is 23.2 Å². The van der Waals surface area contributed by atoms with E-state index in [0.29, 0.717) is 5.92 Å². The lowest BCUT2D eigenvalue weighted by Crippen LogP contribution is -2.14. The lowest BCUT2D eigenvalue weighted by Gasteiger charge is -2.22. The number of nitrogens with zero attached hydrogens (tertiary/aromatic N) is 1. The molecule has 0 amide bonds. The van der Waals surface area contributed by atoms with Crippen LogP contribution < -0.4 is 4.74 Å². The van der Waals surface area contributed by atoms with Gasteiger partial charge in [-0.1, -0.05) is 19.9 Å². The van der Waals surface area contributed by atoms with Gasteiger partial charge >= 0.3 is 0 Å². The SMILES string of the molecule is CC.COc1cc(C)nc2ccc(C3CCOCC3)cc12. The molecule has 2 aromatic rings. The zero-order chi connectivity index (χ0) is 15.2. The predicted molar refractivity (Wildman–Crippen MR) is 87.2 cm³/mol. The van der Waals surface area contributed by atoms with Crippen molar-refractivity contribution >= 4 is 10.9 Å². The second-order valence-corrected chi connectivity index (χ2v) is 5.13. The van der Waals surface area contributed by atoms with Crippen LogP contribution in [0.1, 0.15) is 43.9 Å². The Morgan fingerprint density at radius 1 is 1.14 bits per heavy atom. The van der Waals surface area contributed by atoms with Crippen LogP contribution in [0.15, 0.2) is 24.3 Å². The lowest BCUT2D eigenvalue weighted by atomic mass is 9.91. The fraction of sp³-hybridized carbons (Fsp3) is 0.500. The molecule has 0 radical (unpaired) electrons. The Labute approximate surface area is 127 Å². The summed E-state index contributed by atoms with van der Waals surface area (Å²) in [6, 6.07) is 8.53. The molecular formula is C18H25NO2. The van der Waals surface area contributed by atoms with Crippen LogP contribution >= 0.6 is 0 Å². The monoisotopic (exact) mass is 287 g/mol. The molecule has 1 aromatic heterocycles. The molecule has 1 aromatic carbocycles. The van der Waals surface area contributed by atoms with Crippen LogP contribution in [0.25, 0.3) is 10.9 Å².